The summed E-state index contributed by atoms with van der Waals surface area (Å²) in [7, 11) is 2.19. The van der Waals surface area contributed by atoms with E-state index in [2.05, 4.69) is 32.7 Å². The molecule has 0 aliphatic heterocycles. The van der Waals surface area contributed by atoms with Gasteiger partial charge in [-0.05, 0) is 38.1 Å². The second kappa shape index (κ2) is 5.13. The average Bonchev–Trinajstić information content (AvgIpc) is 2.08. The molecule has 1 saturated carbocycles. The van der Waals surface area contributed by atoms with Crippen LogP contribution < -0.4 is 0 Å². The van der Waals surface area contributed by atoms with Crippen LogP contribution in [0.2, 0.25) is 0 Å². The van der Waals surface area contributed by atoms with E-state index in [0.717, 1.165) is 25.3 Å². The van der Waals surface area contributed by atoms with Gasteiger partial charge >= 0.3 is 0 Å². The number of aliphatic hydroxyl groups excluding tert-OH is 1. The van der Waals surface area contributed by atoms with E-state index >= 15 is 0 Å². The predicted molar refractivity (Wildman–Crippen MR) is 60.3 cm³/mol. The lowest BCUT2D eigenvalue weighted by Gasteiger charge is -2.39. The smallest absolute Gasteiger partial charge is 0.0555 e. The Bertz CT molecular complexity index is 170. The normalized spacial score (nSPS) is 34.1. The largest absolute Gasteiger partial charge is 0.393 e. The Hall–Kier alpha value is -0.0800. The summed E-state index contributed by atoms with van der Waals surface area (Å²) in [4.78, 5) is 2.43. The van der Waals surface area contributed by atoms with E-state index in [-0.39, 0.29) is 6.10 Å². The van der Waals surface area contributed by atoms with Crippen LogP contribution in [0.1, 0.15) is 40.0 Å². The van der Waals surface area contributed by atoms with Gasteiger partial charge in [0.2, 0.25) is 0 Å². The number of hydrogen-bond acceptors (Lipinski definition) is 2. The Balaban J connectivity index is 2.46. The highest BCUT2D eigenvalue weighted by atomic mass is 16.3. The van der Waals surface area contributed by atoms with E-state index in [1.165, 1.54) is 6.42 Å². The first-order chi connectivity index (χ1) is 6.50. The Morgan fingerprint density at radius 2 is 2.00 bits per heavy atom. The van der Waals surface area contributed by atoms with E-state index in [1.807, 2.05) is 0 Å². The number of nitrogens with zero attached hydrogens (tertiary/aromatic N) is 1. The third-order valence-electron chi connectivity index (χ3n) is 3.34. The minimum Gasteiger partial charge on any atom is -0.393 e. The zero-order valence-electron chi connectivity index (χ0n) is 10.0. The monoisotopic (exact) mass is 199 g/mol. The highest BCUT2D eigenvalue weighted by Gasteiger charge is 2.29. The highest BCUT2D eigenvalue weighted by molar-refractivity contribution is 4.83. The minimum absolute atomic E-state index is 0.0641. The van der Waals surface area contributed by atoms with Crippen LogP contribution in [0, 0.1) is 11.8 Å². The van der Waals surface area contributed by atoms with Gasteiger partial charge in [0.05, 0.1) is 6.10 Å². The molecule has 2 heteroatoms. The van der Waals surface area contributed by atoms with Gasteiger partial charge in [-0.2, -0.15) is 0 Å². The third-order valence-corrected chi connectivity index (χ3v) is 3.34. The molecule has 1 N–H and O–H groups in total. The quantitative estimate of drug-likeness (QED) is 0.752. The van der Waals surface area contributed by atoms with Crippen LogP contribution in [0.15, 0.2) is 0 Å². The Morgan fingerprint density at radius 1 is 1.36 bits per heavy atom. The Morgan fingerprint density at radius 3 is 2.57 bits per heavy atom. The SMILES string of the molecule is CC(C)CN(C)C1CC(O)CCC1C. The molecule has 0 aromatic carbocycles. The van der Waals surface area contributed by atoms with Gasteiger partial charge in [0, 0.05) is 12.6 Å². The first-order valence-electron chi connectivity index (χ1n) is 5.89. The fourth-order valence-corrected chi connectivity index (χ4v) is 2.60. The summed E-state index contributed by atoms with van der Waals surface area (Å²) in [6.45, 7) is 7.95. The summed E-state index contributed by atoms with van der Waals surface area (Å²) in [5.41, 5.74) is 0. The molecule has 3 atom stereocenters. The maximum Gasteiger partial charge on any atom is 0.0555 e. The third kappa shape index (κ3) is 3.25. The Kier molecular flexibility index (Phi) is 4.39. The molecule has 84 valence electrons. The second-order valence-corrected chi connectivity index (χ2v) is 5.34. The molecule has 1 aliphatic rings. The second-order valence-electron chi connectivity index (χ2n) is 5.34. The van der Waals surface area contributed by atoms with Crippen LogP contribution in [0.4, 0.5) is 0 Å². The minimum atomic E-state index is -0.0641. The van der Waals surface area contributed by atoms with Crippen LogP contribution in [0.25, 0.3) is 0 Å². The average molecular weight is 199 g/mol. The van der Waals surface area contributed by atoms with Crippen molar-refractivity contribution in [3.63, 3.8) is 0 Å². The van der Waals surface area contributed by atoms with E-state index in [4.69, 9.17) is 0 Å². The van der Waals surface area contributed by atoms with Crippen molar-refractivity contribution in [3.8, 4) is 0 Å². The van der Waals surface area contributed by atoms with Gasteiger partial charge in [0.25, 0.3) is 0 Å². The van der Waals surface area contributed by atoms with Gasteiger partial charge in [-0.25, -0.2) is 0 Å². The van der Waals surface area contributed by atoms with Gasteiger partial charge in [0.1, 0.15) is 0 Å². The van der Waals surface area contributed by atoms with Gasteiger partial charge in [-0.15, -0.1) is 0 Å². The summed E-state index contributed by atoms with van der Waals surface area (Å²) >= 11 is 0. The lowest BCUT2D eigenvalue weighted by molar-refractivity contribution is 0.0392. The molecule has 0 aromatic rings. The summed E-state index contributed by atoms with van der Waals surface area (Å²) in [5, 5.41) is 9.65. The molecule has 0 radical (unpaired) electrons. The first-order valence-corrected chi connectivity index (χ1v) is 5.89. The van der Waals surface area contributed by atoms with Crippen molar-refractivity contribution in [1.82, 2.24) is 4.90 Å². The molecule has 0 saturated heterocycles. The van der Waals surface area contributed by atoms with Gasteiger partial charge < -0.3 is 10.0 Å². The van der Waals surface area contributed by atoms with Crippen molar-refractivity contribution in [1.29, 1.82) is 0 Å². The van der Waals surface area contributed by atoms with Crippen molar-refractivity contribution in [2.75, 3.05) is 13.6 Å². The van der Waals surface area contributed by atoms with Crippen molar-refractivity contribution >= 4 is 0 Å². The lowest BCUT2D eigenvalue weighted by atomic mass is 9.83. The van der Waals surface area contributed by atoms with E-state index in [1.54, 1.807) is 0 Å². The topological polar surface area (TPSA) is 23.5 Å². The van der Waals surface area contributed by atoms with E-state index in [0.29, 0.717) is 12.0 Å². The molecule has 0 bridgehead atoms. The number of hydrogen-bond donors (Lipinski definition) is 1. The molecule has 1 rings (SSSR count). The van der Waals surface area contributed by atoms with E-state index in [9.17, 15) is 5.11 Å². The predicted octanol–water partition coefficient (Wildman–Crippen LogP) is 2.12. The van der Waals surface area contributed by atoms with Crippen molar-refractivity contribution in [2.45, 2.75) is 52.2 Å². The lowest BCUT2D eigenvalue weighted by Crippen LogP contribution is -2.44. The van der Waals surface area contributed by atoms with Crippen molar-refractivity contribution in [3.05, 3.63) is 0 Å². The standard InChI is InChI=1S/C12H25NO/c1-9(2)8-13(4)12-7-11(14)6-5-10(12)3/h9-12,14H,5-8H2,1-4H3. The van der Waals surface area contributed by atoms with E-state index < -0.39 is 0 Å². The van der Waals surface area contributed by atoms with Crippen LogP contribution in [-0.2, 0) is 0 Å². The number of rotatable bonds is 3. The molecule has 3 unspecified atom stereocenters. The summed E-state index contributed by atoms with van der Waals surface area (Å²) in [6.07, 6.45) is 3.07. The van der Waals surface area contributed by atoms with Crippen LogP contribution >= 0.6 is 0 Å². The zero-order valence-corrected chi connectivity index (χ0v) is 10.0. The fraction of sp³-hybridized carbons (Fsp3) is 1.00. The van der Waals surface area contributed by atoms with Crippen LogP contribution in [0.5, 0.6) is 0 Å². The molecule has 0 spiro atoms. The number of aliphatic hydroxyl groups is 1. The summed E-state index contributed by atoms with van der Waals surface area (Å²) < 4.78 is 0. The first kappa shape index (κ1) is 12.0. The fourth-order valence-electron chi connectivity index (χ4n) is 2.60. The maximum atomic E-state index is 9.65. The highest BCUT2D eigenvalue weighted by Crippen LogP contribution is 2.28. The maximum absolute atomic E-state index is 9.65. The van der Waals surface area contributed by atoms with Gasteiger partial charge in [0.15, 0.2) is 0 Å². The van der Waals surface area contributed by atoms with Crippen LogP contribution in [-0.4, -0.2) is 35.7 Å². The van der Waals surface area contributed by atoms with Crippen LogP contribution in [0.3, 0.4) is 0 Å². The van der Waals surface area contributed by atoms with Gasteiger partial charge in [-0.3, -0.25) is 0 Å². The molecule has 2 nitrogen and oxygen atoms in total. The molecule has 0 aromatic heterocycles. The molecular weight excluding hydrogens is 174 g/mol. The van der Waals surface area contributed by atoms with Crippen molar-refractivity contribution < 1.29 is 5.11 Å². The summed E-state index contributed by atoms with van der Waals surface area (Å²) in [5.74, 6) is 1.45. The van der Waals surface area contributed by atoms with Crippen molar-refractivity contribution in [2.24, 2.45) is 11.8 Å². The molecule has 14 heavy (non-hydrogen) atoms. The van der Waals surface area contributed by atoms with Gasteiger partial charge in [-0.1, -0.05) is 20.8 Å². The molecule has 1 aliphatic carbocycles. The molecule has 0 amide bonds. The molecule has 1 fully saturated rings. The molecule has 0 heterocycles. The Labute approximate surface area is 88.3 Å². The zero-order chi connectivity index (χ0) is 10.7. The molecular formula is C12H25NO. The summed E-state index contributed by atoms with van der Waals surface area (Å²) in [6, 6.07) is 0.584.